The van der Waals surface area contributed by atoms with Crippen LogP contribution in [0.25, 0.3) is 5.65 Å². The van der Waals surface area contributed by atoms with Gasteiger partial charge < -0.3 is 9.47 Å². The van der Waals surface area contributed by atoms with Gasteiger partial charge in [0.2, 0.25) is 0 Å². The Kier molecular flexibility index (Phi) is 3.65. The van der Waals surface area contributed by atoms with Crippen LogP contribution in [-0.4, -0.2) is 27.8 Å². The van der Waals surface area contributed by atoms with E-state index in [1.807, 2.05) is 24.4 Å². The van der Waals surface area contributed by atoms with Crippen molar-refractivity contribution < 1.29 is 9.47 Å². The fourth-order valence-electron chi connectivity index (χ4n) is 1.84. The fourth-order valence-corrected chi connectivity index (χ4v) is 1.84. The summed E-state index contributed by atoms with van der Waals surface area (Å²) in [6.45, 7) is 0.739. The quantitative estimate of drug-likeness (QED) is 0.669. The van der Waals surface area contributed by atoms with Crippen molar-refractivity contribution in [3.63, 3.8) is 0 Å². The maximum absolute atomic E-state index is 8.71. The number of nitrogens with zero attached hydrogens (tertiary/aromatic N) is 4. The standard InChI is InChI=1S/C15H12N4O2/c16-11-12-4-6-13(7-5-12)20-9-10-21-15-18-17-14-3-1-2-8-19(14)15/h1-8H,9-10H2. The van der Waals surface area contributed by atoms with Gasteiger partial charge in [-0.3, -0.25) is 4.40 Å². The molecule has 0 saturated heterocycles. The molecule has 21 heavy (non-hydrogen) atoms. The largest absolute Gasteiger partial charge is 0.490 e. The molecule has 0 atom stereocenters. The lowest BCUT2D eigenvalue weighted by atomic mass is 10.2. The Morgan fingerprint density at radius 3 is 2.62 bits per heavy atom. The third-order valence-corrected chi connectivity index (χ3v) is 2.85. The molecule has 2 aromatic heterocycles. The molecule has 0 N–H and O–H groups in total. The number of aromatic nitrogens is 3. The van der Waals surface area contributed by atoms with Gasteiger partial charge in [0, 0.05) is 6.20 Å². The minimum atomic E-state index is 0.357. The average molecular weight is 280 g/mol. The number of hydrogen-bond donors (Lipinski definition) is 0. The molecule has 0 amide bonds. The van der Waals surface area contributed by atoms with E-state index in [2.05, 4.69) is 16.3 Å². The van der Waals surface area contributed by atoms with Gasteiger partial charge in [0.25, 0.3) is 0 Å². The van der Waals surface area contributed by atoms with Crippen molar-refractivity contribution in [1.29, 1.82) is 5.26 Å². The van der Waals surface area contributed by atoms with Gasteiger partial charge >= 0.3 is 6.01 Å². The van der Waals surface area contributed by atoms with E-state index in [-0.39, 0.29) is 0 Å². The highest BCUT2D eigenvalue weighted by Gasteiger charge is 2.04. The molecule has 6 heteroatoms. The summed E-state index contributed by atoms with van der Waals surface area (Å²) in [6.07, 6.45) is 1.84. The van der Waals surface area contributed by atoms with Gasteiger partial charge in [0.15, 0.2) is 5.65 Å². The Morgan fingerprint density at radius 1 is 1.00 bits per heavy atom. The van der Waals surface area contributed by atoms with Crippen LogP contribution < -0.4 is 9.47 Å². The highest BCUT2D eigenvalue weighted by molar-refractivity contribution is 5.38. The third-order valence-electron chi connectivity index (χ3n) is 2.85. The molecule has 3 aromatic rings. The Bertz CT molecular complexity index is 774. The van der Waals surface area contributed by atoms with Gasteiger partial charge in [0.1, 0.15) is 19.0 Å². The highest BCUT2D eigenvalue weighted by Crippen LogP contribution is 2.12. The van der Waals surface area contributed by atoms with Crippen molar-refractivity contribution in [2.45, 2.75) is 0 Å². The molecule has 0 radical (unpaired) electrons. The minimum absolute atomic E-state index is 0.357. The van der Waals surface area contributed by atoms with E-state index in [9.17, 15) is 0 Å². The Hall–Kier alpha value is -3.07. The van der Waals surface area contributed by atoms with E-state index in [4.69, 9.17) is 14.7 Å². The fraction of sp³-hybridized carbons (Fsp3) is 0.133. The number of rotatable bonds is 5. The Labute approximate surface area is 121 Å². The molecule has 104 valence electrons. The first kappa shape index (κ1) is 12.9. The van der Waals surface area contributed by atoms with Crippen LogP contribution in [0.5, 0.6) is 11.8 Å². The van der Waals surface area contributed by atoms with Crippen molar-refractivity contribution >= 4 is 5.65 Å². The Balaban J connectivity index is 1.53. The van der Waals surface area contributed by atoms with Gasteiger partial charge in [-0.05, 0) is 36.4 Å². The van der Waals surface area contributed by atoms with Gasteiger partial charge in [-0.1, -0.05) is 11.2 Å². The molecule has 0 spiro atoms. The summed E-state index contributed by atoms with van der Waals surface area (Å²) < 4.78 is 12.8. The minimum Gasteiger partial charge on any atom is -0.490 e. The number of pyridine rings is 1. The molecule has 6 nitrogen and oxygen atoms in total. The van der Waals surface area contributed by atoms with E-state index in [1.54, 1.807) is 28.7 Å². The summed E-state index contributed by atoms with van der Waals surface area (Å²) in [5, 5.41) is 16.7. The predicted molar refractivity (Wildman–Crippen MR) is 75.1 cm³/mol. The van der Waals surface area contributed by atoms with Crippen LogP contribution in [0.3, 0.4) is 0 Å². The number of benzene rings is 1. The van der Waals surface area contributed by atoms with Crippen LogP contribution in [0.15, 0.2) is 48.7 Å². The van der Waals surface area contributed by atoms with Crippen molar-refractivity contribution in [2.24, 2.45) is 0 Å². The second-order valence-corrected chi connectivity index (χ2v) is 4.24. The second-order valence-electron chi connectivity index (χ2n) is 4.24. The van der Waals surface area contributed by atoms with Gasteiger partial charge in [0.05, 0.1) is 11.6 Å². The molecule has 0 fully saturated rings. The first-order chi connectivity index (χ1) is 10.4. The van der Waals surface area contributed by atoms with Crippen LogP contribution in [0.2, 0.25) is 0 Å². The summed E-state index contributed by atoms with van der Waals surface area (Å²) in [5.74, 6) is 0.698. The molecular weight excluding hydrogens is 268 g/mol. The molecular formula is C15H12N4O2. The zero-order chi connectivity index (χ0) is 14.5. The Morgan fingerprint density at radius 2 is 1.81 bits per heavy atom. The smallest absolute Gasteiger partial charge is 0.321 e. The summed E-state index contributed by atoms with van der Waals surface area (Å²) in [5.41, 5.74) is 1.34. The van der Waals surface area contributed by atoms with Crippen molar-refractivity contribution in [3.05, 3.63) is 54.2 Å². The molecule has 1 aromatic carbocycles. The summed E-state index contributed by atoms with van der Waals surface area (Å²) in [7, 11) is 0. The molecule has 0 unspecified atom stereocenters. The molecule has 3 rings (SSSR count). The third kappa shape index (κ3) is 2.92. The van der Waals surface area contributed by atoms with Crippen molar-refractivity contribution in [3.8, 4) is 17.8 Å². The topological polar surface area (TPSA) is 72.4 Å². The highest BCUT2D eigenvalue weighted by atomic mass is 16.5. The SMILES string of the molecule is N#Cc1ccc(OCCOc2nnc3ccccn23)cc1. The molecule has 0 aliphatic rings. The van der Waals surface area contributed by atoms with E-state index in [0.717, 1.165) is 5.65 Å². The lowest BCUT2D eigenvalue weighted by molar-refractivity contribution is 0.204. The molecule has 0 bridgehead atoms. The van der Waals surface area contributed by atoms with E-state index in [1.165, 1.54) is 0 Å². The van der Waals surface area contributed by atoms with Crippen molar-refractivity contribution in [1.82, 2.24) is 14.6 Å². The zero-order valence-electron chi connectivity index (χ0n) is 11.1. The number of ether oxygens (including phenoxy) is 2. The van der Waals surface area contributed by atoms with E-state index < -0.39 is 0 Å². The first-order valence-electron chi connectivity index (χ1n) is 6.42. The summed E-state index contributed by atoms with van der Waals surface area (Å²) >= 11 is 0. The van der Waals surface area contributed by atoms with Crippen LogP contribution in [0.1, 0.15) is 5.56 Å². The molecule has 0 aliphatic carbocycles. The zero-order valence-corrected chi connectivity index (χ0v) is 11.1. The van der Waals surface area contributed by atoms with E-state index in [0.29, 0.717) is 30.5 Å². The van der Waals surface area contributed by atoms with E-state index >= 15 is 0 Å². The van der Waals surface area contributed by atoms with Crippen LogP contribution in [-0.2, 0) is 0 Å². The molecule has 0 saturated carbocycles. The van der Waals surface area contributed by atoms with Gasteiger partial charge in [-0.25, -0.2) is 0 Å². The number of fused-ring (bicyclic) bond motifs is 1. The average Bonchev–Trinajstić information content (AvgIpc) is 2.95. The lowest BCUT2D eigenvalue weighted by Crippen LogP contribution is -2.10. The maximum atomic E-state index is 8.71. The number of hydrogen-bond acceptors (Lipinski definition) is 5. The maximum Gasteiger partial charge on any atom is 0.321 e. The van der Waals surface area contributed by atoms with Crippen LogP contribution >= 0.6 is 0 Å². The van der Waals surface area contributed by atoms with Crippen LogP contribution in [0.4, 0.5) is 0 Å². The predicted octanol–water partition coefficient (Wildman–Crippen LogP) is 2.06. The summed E-state index contributed by atoms with van der Waals surface area (Å²) in [6, 6.07) is 15.1. The van der Waals surface area contributed by atoms with Crippen molar-refractivity contribution in [2.75, 3.05) is 13.2 Å². The molecule has 2 heterocycles. The van der Waals surface area contributed by atoms with Crippen LogP contribution in [0, 0.1) is 11.3 Å². The van der Waals surface area contributed by atoms with Gasteiger partial charge in [-0.15, -0.1) is 5.10 Å². The second kappa shape index (κ2) is 5.92. The molecule has 0 aliphatic heterocycles. The normalized spacial score (nSPS) is 10.2. The summed E-state index contributed by atoms with van der Waals surface area (Å²) in [4.78, 5) is 0. The number of nitriles is 1. The lowest BCUT2D eigenvalue weighted by Gasteiger charge is -2.06. The first-order valence-corrected chi connectivity index (χ1v) is 6.42. The monoisotopic (exact) mass is 280 g/mol. The van der Waals surface area contributed by atoms with Gasteiger partial charge in [-0.2, -0.15) is 5.26 Å².